The van der Waals surface area contributed by atoms with Gasteiger partial charge in [0, 0.05) is 57.0 Å². The first kappa shape index (κ1) is 28.0. The van der Waals surface area contributed by atoms with E-state index < -0.39 is 0 Å². The van der Waals surface area contributed by atoms with E-state index in [0.29, 0.717) is 34.5 Å². The predicted octanol–water partition coefficient (Wildman–Crippen LogP) is 10.2. The molecule has 0 bridgehead atoms. The average molecular weight is 645 g/mol. The maximum atomic E-state index is 6.33. The number of aromatic nitrogens is 6. The fourth-order valence-electron chi connectivity index (χ4n) is 6.49. The van der Waals surface area contributed by atoms with Crippen LogP contribution >= 0.6 is 0 Å². The Balaban J connectivity index is 1.08. The molecule has 4 heterocycles. The quantitative estimate of drug-likeness (QED) is 0.182. The van der Waals surface area contributed by atoms with Crippen LogP contribution < -0.4 is 0 Å². The van der Waals surface area contributed by atoms with Crippen LogP contribution in [0.2, 0.25) is 0 Å². The molecule has 8 heteroatoms. The van der Waals surface area contributed by atoms with Gasteiger partial charge in [0.25, 0.3) is 0 Å². The second-order valence-corrected chi connectivity index (χ2v) is 12.0. The third-order valence-electron chi connectivity index (χ3n) is 8.87. The number of nitrogens with zero attached hydrogens (tertiary/aromatic N) is 6. The van der Waals surface area contributed by atoms with Gasteiger partial charge in [-0.2, -0.15) is 0 Å². The summed E-state index contributed by atoms with van der Waals surface area (Å²) in [5.74, 6) is 2.22. The zero-order chi connectivity index (χ0) is 33.0. The van der Waals surface area contributed by atoms with Crippen molar-refractivity contribution in [1.82, 2.24) is 29.9 Å². The minimum Gasteiger partial charge on any atom is -0.456 e. The Kier molecular flexibility index (Phi) is 6.32. The minimum absolute atomic E-state index is 0.522. The van der Waals surface area contributed by atoms with Crippen molar-refractivity contribution < 1.29 is 8.83 Å². The van der Waals surface area contributed by atoms with Crippen molar-refractivity contribution in [3.8, 4) is 56.7 Å². The Bertz CT molecular complexity index is 2820. The lowest BCUT2D eigenvalue weighted by atomic mass is 9.99. The van der Waals surface area contributed by atoms with E-state index in [-0.39, 0.29) is 0 Å². The molecule has 0 saturated carbocycles. The van der Waals surface area contributed by atoms with Gasteiger partial charge >= 0.3 is 0 Å². The Morgan fingerprint density at radius 3 is 1.76 bits per heavy atom. The van der Waals surface area contributed by atoms with E-state index in [0.717, 1.165) is 66.4 Å². The third-order valence-corrected chi connectivity index (χ3v) is 8.87. The molecule has 4 aromatic heterocycles. The van der Waals surface area contributed by atoms with Gasteiger partial charge < -0.3 is 8.83 Å². The van der Waals surface area contributed by atoms with Gasteiger partial charge in [0.2, 0.25) is 5.89 Å². The van der Waals surface area contributed by atoms with Crippen molar-refractivity contribution >= 4 is 44.1 Å². The van der Waals surface area contributed by atoms with Gasteiger partial charge in [0.05, 0.1) is 5.52 Å². The molecule has 0 fully saturated rings. The highest BCUT2D eigenvalue weighted by Gasteiger charge is 2.19. The molecule has 0 amide bonds. The third kappa shape index (κ3) is 4.70. The van der Waals surface area contributed by atoms with Gasteiger partial charge in [0.15, 0.2) is 23.1 Å². The number of furan rings is 1. The number of hydrogen-bond donors (Lipinski definition) is 0. The highest BCUT2D eigenvalue weighted by molar-refractivity contribution is 6.09. The van der Waals surface area contributed by atoms with Gasteiger partial charge in [-0.1, -0.05) is 97.1 Å². The summed E-state index contributed by atoms with van der Waals surface area (Å²) in [6.45, 7) is 0. The SMILES string of the molecule is c1ccc(-c2nc(-c3ccccc3)nc(-c3ccc(-c4cccc(-c5nc6cc7oc8ccccc8c7cc6o5)c4)c4nccnc34)n2)cc1. The van der Waals surface area contributed by atoms with E-state index in [1.54, 1.807) is 12.4 Å². The largest absolute Gasteiger partial charge is 0.456 e. The zero-order valence-corrected chi connectivity index (χ0v) is 26.4. The summed E-state index contributed by atoms with van der Waals surface area (Å²) in [7, 11) is 0. The monoisotopic (exact) mass is 644 g/mol. The summed E-state index contributed by atoms with van der Waals surface area (Å²) in [5.41, 5.74) is 9.76. The fourth-order valence-corrected chi connectivity index (χ4v) is 6.49. The molecule has 8 nitrogen and oxygen atoms in total. The molecule has 6 aromatic carbocycles. The molecule has 10 rings (SSSR count). The molecule has 0 aliphatic carbocycles. The summed E-state index contributed by atoms with van der Waals surface area (Å²) in [6, 6.07) is 44.0. The summed E-state index contributed by atoms with van der Waals surface area (Å²) in [6.07, 6.45) is 3.40. The van der Waals surface area contributed by atoms with E-state index in [9.17, 15) is 0 Å². The summed E-state index contributed by atoms with van der Waals surface area (Å²) >= 11 is 0. The molecule has 0 saturated heterocycles. The van der Waals surface area contributed by atoms with E-state index in [2.05, 4.69) is 18.2 Å². The molecule has 0 atom stereocenters. The van der Waals surface area contributed by atoms with Gasteiger partial charge in [-0.25, -0.2) is 19.9 Å². The van der Waals surface area contributed by atoms with Crippen LogP contribution in [0.3, 0.4) is 0 Å². The molecular weight excluding hydrogens is 621 g/mol. The highest BCUT2D eigenvalue weighted by atomic mass is 16.4. The maximum absolute atomic E-state index is 6.33. The van der Waals surface area contributed by atoms with Gasteiger partial charge in [-0.05, 0) is 35.9 Å². The molecule has 10 aromatic rings. The Morgan fingerprint density at radius 1 is 0.380 bits per heavy atom. The standard InChI is InChI=1S/C42H24N6O2/c1-3-10-25(11-4-1)39-46-40(26-12-5-2-6-13-26)48-41(47-39)31-19-18-29(37-38(31)44-21-20-43-37)27-14-9-15-28(22-27)42-45-33-24-35-32(23-36(33)50-42)30-16-7-8-17-34(30)49-35/h1-24H. The summed E-state index contributed by atoms with van der Waals surface area (Å²) < 4.78 is 12.4. The fraction of sp³-hybridized carbons (Fsp3) is 0. The van der Waals surface area contributed by atoms with Gasteiger partial charge in [0.1, 0.15) is 22.2 Å². The average Bonchev–Trinajstić information content (AvgIpc) is 3.78. The lowest BCUT2D eigenvalue weighted by molar-refractivity contribution is 0.620. The van der Waals surface area contributed by atoms with Crippen LogP contribution in [-0.2, 0) is 0 Å². The van der Waals surface area contributed by atoms with E-state index in [1.165, 1.54) is 0 Å². The van der Waals surface area contributed by atoms with E-state index in [4.69, 9.17) is 38.7 Å². The molecular formula is C42H24N6O2. The van der Waals surface area contributed by atoms with Crippen LogP contribution in [-0.4, -0.2) is 29.9 Å². The van der Waals surface area contributed by atoms with Crippen LogP contribution in [0.4, 0.5) is 0 Å². The van der Waals surface area contributed by atoms with Crippen LogP contribution in [0.1, 0.15) is 0 Å². The number of oxazole rings is 1. The van der Waals surface area contributed by atoms with Crippen molar-refractivity contribution in [2.75, 3.05) is 0 Å². The maximum Gasteiger partial charge on any atom is 0.227 e. The summed E-state index contributed by atoms with van der Waals surface area (Å²) in [5, 5.41) is 2.05. The van der Waals surface area contributed by atoms with Crippen molar-refractivity contribution in [3.05, 3.63) is 146 Å². The molecule has 0 radical (unpaired) electrons. The molecule has 0 aliphatic heterocycles. The second-order valence-electron chi connectivity index (χ2n) is 12.0. The van der Waals surface area contributed by atoms with Crippen LogP contribution in [0, 0.1) is 0 Å². The second kappa shape index (κ2) is 11.3. The van der Waals surface area contributed by atoms with Crippen molar-refractivity contribution in [3.63, 3.8) is 0 Å². The van der Waals surface area contributed by atoms with Crippen LogP contribution in [0.5, 0.6) is 0 Å². The number of benzene rings is 6. The van der Waals surface area contributed by atoms with Crippen LogP contribution in [0.15, 0.2) is 155 Å². The molecule has 0 spiro atoms. The van der Waals surface area contributed by atoms with Crippen LogP contribution in [0.25, 0.3) is 101 Å². The Hall–Kier alpha value is -7.06. The molecule has 234 valence electrons. The van der Waals surface area contributed by atoms with Crippen molar-refractivity contribution in [1.29, 1.82) is 0 Å². The van der Waals surface area contributed by atoms with Crippen molar-refractivity contribution in [2.45, 2.75) is 0 Å². The number of hydrogen-bond acceptors (Lipinski definition) is 8. The minimum atomic E-state index is 0.522. The topological polar surface area (TPSA) is 104 Å². The number of fused-ring (bicyclic) bond motifs is 5. The molecule has 0 unspecified atom stereocenters. The number of rotatable bonds is 5. The first-order chi connectivity index (χ1) is 24.7. The highest BCUT2D eigenvalue weighted by Crippen LogP contribution is 2.37. The lowest BCUT2D eigenvalue weighted by Gasteiger charge is -2.12. The van der Waals surface area contributed by atoms with E-state index in [1.807, 2.05) is 115 Å². The van der Waals surface area contributed by atoms with E-state index >= 15 is 0 Å². The lowest BCUT2D eigenvalue weighted by Crippen LogP contribution is -2.01. The normalized spacial score (nSPS) is 11.6. The first-order valence-electron chi connectivity index (χ1n) is 16.2. The Morgan fingerprint density at radius 2 is 1.00 bits per heavy atom. The van der Waals surface area contributed by atoms with Crippen molar-refractivity contribution in [2.24, 2.45) is 0 Å². The number of para-hydroxylation sites is 1. The molecule has 0 N–H and O–H groups in total. The predicted molar refractivity (Wildman–Crippen MR) is 195 cm³/mol. The van der Waals surface area contributed by atoms with Gasteiger partial charge in [-0.3, -0.25) is 9.97 Å². The molecule has 0 aliphatic rings. The Labute approximate surface area is 284 Å². The zero-order valence-electron chi connectivity index (χ0n) is 26.4. The molecule has 50 heavy (non-hydrogen) atoms. The first-order valence-corrected chi connectivity index (χ1v) is 16.2. The smallest absolute Gasteiger partial charge is 0.227 e. The summed E-state index contributed by atoms with van der Waals surface area (Å²) in [4.78, 5) is 29.2. The van der Waals surface area contributed by atoms with Gasteiger partial charge in [-0.15, -0.1) is 0 Å².